The van der Waals surface area contributed by atoms with E-state index in [1.54, 1.807) is 26.4 Å². The number of alkyl halides is 6. The van der Waals surface area contributed by atoms with Crippen molar-refractivity contribution in [1.82, 2.24) is 15.3 Å². The Labute approximate surface area is 288 Å². The number of unbranched alkanes of at least 4 members (excludes halogenated alkanes) is 2. The maximum absolute atomic E-state index is 13.3. The highest BCUT2D eigenvalue weighted by Crippen LogP contribution is 2.36. The topological polar surface area (TPSA) is 72.5 Å². The van der Waals surface area contributed by atoms with Crippen molar-refractivity contribution in [2.75, 3.05) is 53.6 Å². The summed E-state index contributed by atoms with van der Waals surface area (Å²) in [4.78, 5) is 22.2. The number of ether oxygens (including phenoxy) is 3. The van der Waals surface area contributed by atoms with E-state index in [1.807, 2.05) is 36.4 Å². The minimum Gasteiger partial charge on any atom is -0.497 e. The molecule has 0 spiro atoms. The van der Waals surface area contributed by atoms with Gasteiger partial charge in [0.2, 0.25) is 5.91 Å². The number of nitrogens with zero attached hydrogens (tertiary/aromatic N) is 2. The molecule has 4 rings (SSSR count). The molecule has 1 fully saturated rings. The van der Waals surface area contributed by atoms with Gasteiger partial charge in [-0.1, -0.05) is 36.8 Å². The van der Waals surface area contributed by atoms with Gasteiger partial charge in [0.1, 0.15) is 18.1 Å². The van der Waals surface area contributed by atoms with Gasteiger partial charge in [-0.15, -0.1) is 0 Å². The first-order valence-electron chi connectivity index (χ1n) is 16.4. The SMILES string of the molecule is COc1ccc(CONC(=O)CCCCCN2CCN(C(COCc3cc(C(F)(F)F)cc(C(F)(F)F)c3)c3ccccc3)CC2)c(OC)c1. The number of hydrogen-bond donors (Lipinski definition) is 1. The molecule has 1 aliphatic rings. The van der Waals surface area contributed by atoms with Gasteiger partial charge in [0.05, 0.1) is 44.6 Å². The maximum atomic E-state index is 13.3. The summed E-state index contributed by atoms with van der Waals surface area (Å²) in [6, 6.07) is 16.1. The van der Waals surface area contributed by atoms with E-state index < -0.39 is 30.1 Å². The molecular formula is C36H43F6N3O5. The summed E-state index contributed by atoms with van der Waals surface area (Å²) in [5.74, 6) is 1.06. The highest BCUT2D eigenvalue weighted by molar-refractivity contribution is 5.74. The van der Waals surface area contributed by atoms with E-state index >= 15 is 0 Å². The van der Waals surface area contributed by atoms with E-state index in [-0.39, 0.29) is 36.8 Å². The molecule has 0 aromatic heterocycles. The third-order valence-electron chi connectivity index (χ3n) is 8.51. The number of methoxy groups -OCH3 is 2. The van der Waals surface area contributed by atoms with Crippen LogP contribution in [0.3, 0.4) is 0 Å². The largest absolute Gasteiger partial charge is 0.497 e. The predicted octanol–water partition coefficient (Wildman–Crippen LogP) is 7.43. The smallest absolute Gasteiger partial charge is 0.416 e. The lowest BCUT2D eigenvalue weighted by atomic mass is 10.0. The van der Waals surface area contributed by atoms with Gasteiger partial charge < -0.3 is 19.1 Å². The number of carbonyl (C=O) groups excluding carboxylic acids is 1. The second kappa shape index (κ2) is 18.4. The van der Waals surface area contributed by atoms with E-state index in [1.165, 1.54) is 0 Å². The fraction of sp³-hybridized carbons (Fsp3) is 0.472. The molecule has 3 aromatic carbocycles. The van der Waals surface area contributed by atoms with Gasteiger partial charge in [-0.3, -0.25) is 14.5 Å². The number of hydroxylamine groups is 1. The van der Waals surface area contributed by atoms with Gasteiger partial charge >= 0.3 is 12.4 Å². The van der Waals surface area contributed by atoms with Gasteiger partial charge in [0.25, 0.3) is 0 Å². The zero-order chi connectivity index (χ0) is 36.1. The van der Waals surface area contributed by atoms with Crippen LogP contribution in [-0.2, 0) is 39.9 Å². The third kappa shape index (κ3) is 11.9. The molecule has 0 saturated carbocycles. The van der Waals surface area contributed by atoms with Crippen LogP contribution in [0, 0.1) is 0 Å². The molecule has 50 heavy (non-hydrogen) atoms. The van der Waals surface area contributed by atoms with Crippen molar-refractivity contribution in [1.29, 1.82) is 0 Å². The lowest BCUT2D eigenvalue weighted by Gasteiger charge is -2.39. The number of piperazine rings is 1. The van der Waals surface area contributed by atoms with Crippen LogP contribution in [0.1, 0.15) is 59.5 Å². The Balaban J connectivity index is 1.19. The Morgan fingerprint density at radius 3 is 2.10 bits per heavy atom. The quantitative estimate of drug-likeness (QED) is 0.0888. The second-order valence-corrected chi connectivity index (χ2v) is 12.0. The standard InChI is InChI=1S/C36H43F6N3O5/c1-47-31-13-12-28(33(22-31)48-2)24-50-43-34(46)11-7-4-8-14-44-15-17-45(18-16-44)32(27-9-5-3-6-10-27)25-49-23-26-19-29(35(37,38)39)21-30(20-26)36(40,41)42/h3,5-6,9-10,12-13,19-22,32H,4,7-8,11,14-18,23-25H2,1-2H3,(H,43,46). The van der Waals surface area contributed by atoms with Crippen molar-refractivity contribution in [3.05, 3.63) is 94.5 Å². The van der Waals surface area contributed by atoms with Gasteiger partial charge in [0, 0.05) is 44.2 Å². The summed E-state index contributed by atoms with van der Waals surface area (Å²) in [6.45, 7) is 3.73. The summed E-state index contributed by atoms with van der Waals surface area (Å²) in [5, 5.41) is 0. The molecule has 0 radical (unpaired) electrons. The minimum absolute atomic E-state index is 0.0982. The molecule has 0 bridgehead atoms. The Morgan fingerprint density at radius 1 is 0.800 bits per heavy atom. The number of benzene rings is 3. The number of amides is 1. The maximum Gasteiger partial charge on any atom is 0.416 e. The molecule has 1 aliphatic heterocycles. The number of rotatable bonds is 17. The van der Waals surface area contributed by atoms with E-state index in [0.717, 1.165) is 43.6 Å². The number of hydrogen-bond acceptors (Lipinski definition) is 7. The normalized spacial score (nSPS) is 15.1. The first-order valence-corrected chi connectivity index (χ1v) is 16.4. The van der Waals surface area contributed by atoms with Crippen LogP contribution < -0.4 is 15.0 Å². The van der Waals surface area contributed by atoms with Gasteiger partial charge in [-0.25, -0.2) is 5.48 Å². The molecule has 1 amide bonds. The molecule has 1 saturated heterocycles. The first kappa shape index (κ1) is 38.9. The van der Waals surface area contributed by atoms with Crippen LogP contribution in [0.4, 0.5) is 26.3 Å². The van der Waals surface area contributed by atoms with Crippen LogP contribution in [0.15, 0.2) is 66.7 Å². The zero-order valence-electron chi connectivity index (χ0n) is 28.1. The van der Waals surface area contributed by atoms with Crippen molar-refractivity contribution in [2.24, 2.45) is 0 Å². The van der Waals surface area contributed by atoms with Gasteiger partial charge in [0.15, 0.2) is 0 Å². The summed E-state index contributed by atoms with van der Waals surface area (Å²) in [6.07, 6.45) is -7.00. The van der Waals surface area contributed by atoms with Crippen molar-refractivity contribution >= 4 is 5.91 Å². The molecule has 274 valence electrons. The average Bonchev–Trinajstić information content (AvgIpc) is 3.10. The summed E-state index contributed by atoms with van der Waals surface area (Å²) >= 11 is 0. The lowest BCUT2D eigenvalue weighted by Crippen LogP contribution is -2.48. The van der Waals surface area contributed by atoms with Gasteiger partial charge in [-0.05, 0) is 60.8 Å². The highest BCUT2D eigenvalue weighted by Gasteiger charge is 2.37. The highest BCUT2D eigenvalue weighted by atomic mass is 19.4. The minimum atomic E-state index is -4.92. The zero-order valence-corrected chi connectivity index (χ0v) is 28.1. The fourth-order valence-electron chi connectivity index (χ4n) is 5.79. The Kier molecular flexibility index (Phi) is 14.3. The van der Waals surface area contributed by atoms with E-state index in [0.29, 0.717) is 49.6 Å². The third-order valence-corrected chi connectivity index (χ3v) is 8.51. The monoisotopic (exact) mass is 711 g/mol. The van der Waals surface area contributed by atoms with E-state index in [2.05, 4.69) is 15.3 Å². The van der Waals surface area contributed by atoms with Crippen LogP contribution in [-0.4, -0.2) is 69.3 Å². The van der Waals surface area contributed by atoms with Crippen molar-refractivity contribution in [3.63, 3.8) is 0 Å². The van der Waals surface area contributed by atoms with Crippen LogP contribution >= 0.6 is 0 Å². The van der Waals surface area contributed by atoms with Gasteiger partial charge in [-0.2, -0.15) is 26.3 Å². The molecule has 1 unspecified atom stereocenters. The molecule has 8 nitrogen and oxygen atoms in total. The van der Waals surface area contributed by atoms with Crippen LogP contribution in [0.25, 0.3) is 0 Å². The first-order chi connectivity index (χ1) is 23.9. The van der Waals surface area contributed by atoms with Crippen molar-refractivity contribution in [3.8, 4) is 11.5 Å². The molecule has 1 N–H and O–H groups in total. The molecule has 0 aliphatic carbocycles. The van der Waals surface area contributed by atoms with Crippen molar-refractivity contribution in [2.45, 2.75) is 57.3 Å². The summed E-state index contributed by atoms with van der Waals surface area (Å²) < 4.78 is 96.2. The fourth-order valence-corrected chi connectivity index (χ4v) is 5.79. The Hall–Kier alpha value is -3.85. The van der Waals surface area contributed by atoms with E-state index in [4.69, 9.17) is 19.0 Å². The summed E-state index contributed by atoms with van der Waals surface area (Å²) in [7, 11) is 3.12. The molecule has 14 heteroatoms. The average molecular weight is 712 g/mol. The second-order valence-electron chi connectivity index (χ2n) is 12.0. The predicted molar refractivity (Wildman–Crippen MR) is 174 cm³/mol. The van der Waals surface area contributed by atoms with Crippen LogP contribution in [0.2, 0.25) is 0 Å². The molecular weight excluding hydrogens is 668 g/mol. The van der Waals surface area contributed by atoms with Crippen molar-refractivity contribution < 1.29 is 50.2 Å². The molecule has 1 heterocycles. The molecule has 1 atom stereocenters. The number of carbonyl (C=O) groups is 1. The Bertz CT molecular complexity index is 1470. The Morgan fingerprint density at radius 2 is 1.48 bits per heavy atom. The summed E-state index contributed by atoms with van der Waals surface area (Å²) in [5.41, 5.74) is 1.29. The van der Waals surface area contributed by atoms with E-state index in [9.17, 15) is 31.1 Å². The molecule has 3 aromatic rings. The number of halogens is 6. The lowest BCUT2D eigenvalue weighted by molar-refractivity contribution is -0.143. The number of nitrogens with one attached hydrogen (secondary N) is 1. The van der Waals surface area contributed by atoms with Crippen LogP contribution in [0.5, 0.6) is 11.5 Å².